The number of tetrazole rings is 1. The molecular formula is C12H15N5O2. The maximum atomic E-state index is 11.8. The van der Waals surface area contributed by atoms with Gasteiger partial charge in [-0.05, 0) is 29.0 Å². The van der Waals surface area contributed by atoms with Gasteiger partial charge in [-0.15, -0.1) is 5.10 Å². The van der Waals surface area contributed by atoms with Crippen molar-refractivity contribution in [3.63, 3.8) is 0 Å². The van der Waals surface area contributed by atoms with Crippen molar-refractivity contribution in [2.45, 2.75) is 19.9 Å². The molecule has 100 valence electrons. The van der Waals surface area contributed by atoms with Gasteiger partial charge in [0, 0.05) is 0 Å². The SMILES string of the molecule is CCCOc1ccccc1NC(=O)Cn1cnnn1. The highest BCUT2D eigenvalue weighted by molar-refractivity contribution is 5.92. The molecule has 7 heteroatoms. The predicted molar refractivity (Wildman–Crippen MR) is 68.7 cm³/mol. The highest BCUT2D eigenvalue weighted by atomic mass is 16.5. The van der Waals surface area contributed by atoms with Crippen LogP contribution in [0.1, 0.15) is 13.3 Å². The number of rotatable bonds is 6. The van der Waals surface area contributed by atoms with E-state index in [4.69, 9.17) is 4.74 Å². The summed E-state index contributed by atoms with van der Waals surface area (Å²) < 4.78 is 6.91. The molecule has 2 rings (SSSR count). The molecule has 0 bridgehead atoms. The average molecular weight is 261 g/mol. The van der Waals surface area contributed by atoms with E-state index < -0.39 is 0 Å². The van der Waals surface area contributed by atoms with Crippen LogP contribution in [0.3, 0.4) is 0 Å². The molecule has 7 nitrogen and oxygen atoms in total. The molecular weight excluding hydrogens is 246 g/mol. The largest absolute Gasteiger partial charge is 0.491 e. The number of carbonyl (C=O) groups is 1. The zero-order valence-corrected chi connectivity index (χ0v) is 10.6. The van der Waals surface area contributed by atoms with Crippen LogP contribution in [0.2, 0.25) is 0 Å². The Morgan fingerprint density at radius 3 is 3.00 bits per heavy atom. The molecule has 19 heavy (non-hydrogen) atoms. The third-order valence-corrected chi connectivity index (χ3v) is 2.32. The number of anilines is 1. The topological polar surface area (TPSA) is 81.9 Å². The summed E-state index contributed by atoms with van der Waals surface area (Å²) in [6.07, 6.45) is 2.30. The summed E-state index contributed by atoms with van der Waals surface area (Å²) >= 11 is 0. The second-order valence-electron chi connectivity index (χ2n) is 3.90. The monoisotopic (exact) mass is 261 g/mol. The van der Waals surface area contributed by atoms with E-state index in [1.165, 1.54) is 11.0 Å². The highest BCUT2D eigenvalue weighted by Crippen LogP contribution is 2.23. The van der Waals surface area contributed by atoms with Crippen LogP contribution in [0.5, 0.6) is 5.75 Å². The second-order valence-corrected chi connectivity index (χ2v) is 3.90. The van der Waals surface area contributed by atoms with Gasteiger partial charge in [0.05, 0.1) is 12.3 Å². The molecule has 2 aromatic rings. The molecule has 1 amide bonds. The number of ether oxygens (including phenoxy) is 1. The third-order valence-electron chi connectivity index (χ3n) is 2.32. The number of aromatic nitrogens is 4. The maximum Gasteiger partial charge on any atom is 0.246 e. The van der Waals surface area contributed by atoms with Gasteiger partial charge in [-0.25, -0.2) is 4.68 Å². The van der Waals surface area contributed by atoms with Crippen LogP contribution in [-0.2, 0) is 11.3 Å². The molecule has 0 saturated heterocycles. The Kier molecular flexibility index (Phi) is 4.44. The van der Waals surface area contributed by atoms with Gasteiger partial charge in [0.2, 0.25) is 5.91 Å². The number of amides is 1. The van der Waals surface area contributed by atoms with Gasteiger partial charge in [-0.2, -0.15) is 0 Å². The van der Waals surface area contributed by atoms with Crippen LogP contribution in [-0.4, -0.2) is 32.7 Å². The summed E-state index contributed by atoms with van der Waals surface area (Å²) in [6, 6.07) is 7.32. The van der Waals surface area contributed by atoms with Crippen LogP contribution in [0.15, 0.2) is 30.6 Å². The van der Waals surface area contributed by atoms with Gasteiger partial charge < -0.3 is 10.1 Å². The quantitative estimate of drug-likeness (QED) is 0.842. The molecule has 0 atom stereocenters. The minimum absolute atomic E-state index is 0.0646. The number of carbonyl (C=O) groups excluding carboxylic acids is 1. The molecule has 0 spiro atoms. The first-order valence-electron chi connectivity index (χ1n) is 6.02. The Morgan fingerprint density at radius 2 is 2.26 bits per heavy atom. The van der Waals surface area contributed by atoms with Crippen LogP contribution in [0.4, 0.5) is 5.69 Å². The van der Waals surface area contributed by atoms with Gasteiger partial charge in [0.15, 0.2) is 0 Å². The molecule has 0 aliphatic rings. The van der Waals surface area contributed by atoms with Crippen LogP contribution < -0.4 is 10.1 Å². The minimum Gasteiger partial charge on any atom is -0.491 e. The summed E-state index contributed by atoms with van der Waals surface area (Å²) in [5.74, 6) is 0.453. The Bertz CT molecular complexity index is 527. The Morgan fingerprint density at radius 1 is 1.42 bits per heavy atom. The average Bonchev–Trinajstić information content (AvgIpc) is 2.90. The molecule has 0 aliphatic heterocycles. The van der Waals surface area contributed by atoms with Crippen molar-refractivity contribution in [1.82, 2.24) is 20.2 Å². The number of nitrogens with zero attached hydrogens (tertiary/aromatic N) is 4. The lowest BCUT2D eigenvalue weighted by molar-refractivity contribution is -0.116. The lowest BCUT2D eigenvalue weighted by atomic mass is 10.3. The van der Waals surface area contributed by atoms with Crippen molar-refractivity contribution in [2.75, 3.05) is 11.9 Å². The summed E-state index contributed by atoms with van der Waals surface area (Å²) in [4.78, 5) is 11.8. The Labute approximate surface area is 110 Å². The van der Waals surface area contributed by atoms with Crippen molar-refractivity contribution in [2.24, 2.45) is 0 Å². The molecule has 1 N–H and O–H groups in total. The van der Waals surface area contributed by atoms with Crippen LogP contribution in [0, 0.1) is 0 Å². The van der Waals surface area contributed by atoms with E-state index in [1.54, 1.807) is 6.07 Å². The van der Waals surface area contributed by atoms with Gasteiger partial charge in [0.1, 0.15) is 18.6 Å². The highest BCUT2D eigenvalue weighted by Gasteiger charge is 2.08. The van der Waals surface area contributed by atoms with E-state index in [0.717, 1.165) is 6.42 Å². The number of para-hydroxylation sites is 2. The zero-order chi connectivity index (χ0) is 13.5. The van der Waals surface area contributed by atoms with Gasteiger partial charge in [-0.3, -0.25) is 4.79 Å². The first-order chi connectivity index (χ1) is 9.29. The maximum absolute atomic E-state index is 11.8. The van der Waals surface area contributed by atoms with E-state index in [9.17, 15) is 4.79 Å². The summed E-state index contributed by atoms with van der Waals surface area (Å²) in [6.45, 7) is 2.70. The van der Waals surface area contributed by atoms with E-state index in [2.05, 4.69) is 20.8 Å². The lowest BCUT2D eigenvalue weighted by Gasteiger charge is -2.11. The molecule has 0 fully saturated rings. The van der Waals surface area contributed by atoms with Crippen molar-refractivity contribution >= 4 is 11.6 Å². The fraction of sp³-hybridized carbons (Fsp3) is 0.333. The number of nitrogens with one attached hydrogen (secondary N) is 1. The second kappa shape index (κ2) is 6.48. The molecule has 1 aromatic carbocycles. The van der Waals surface area contributed by atoms with Crippen molar-refractivity contribution in [3.05, 3.63) is 30.6 Å². The predicted octanol–water partition coefficient (Wildman–Crippen LogP) is 1.10. The minimum atomic E-state index is -0.208. The molecule has 0 unspecified atom stereocenters. The normalized spacial score (nSPS) is 10.2. The summed E-state index contributed by atoms with van der Waals surface area (Å²) in [5, 5.41) is 13.3. The standard InChI is InChI=1S/C12H15N5O2/c1-2-7-19-11-6-4-3-5-10(11)14-12(18)8-17-9-13-15-16-17/h3-6,9H,2,7-8H2,1H3,(H,14,18). The van der Waals surface area contributed by atoms with E-state index in [1.807, 2.05) is 25.1 Å². The Hall–Kier alpha value is -2.44. The molecule has 1 heterocycles. The van der Waals surface area contributed by atoms with Crippen LogP contribution >= 0.6 is 0 Å². The van der Waals surface area contributed by atoms with E-state index >= 15 is 0 Å². The first kappa shape index (κ1) is 13.0. The van der Waals surface area contributed by atoms with Gasteiger partial charge in [0.25, 0.3) is 0 Å². The molecule has 0 radical (unpaired) electrons. The smallest absolute Gasteiger partial charge is 0.246 e. The molecule has 1 aromatic heterocycles. The van der Waals surface area contributed by atoms with Crippen molar-refractivity contribution in [3.8, 4) is 5.75 Å². The van der Waals surface area contributed by atoms with Crippen molar-refractivity contribution < 1.29 is 9.53 Å². The summed E-state index contributed by atoms with van der Waals surface area (Å²) in [5.41, 5.74) is 0.647. The fourth-order valence-electron chi connectivity index (χ4n) is 1.50. The van der Waals surface area contributed by atoms with Crippen molar-refractivity contribution in [1.29, 1.82) is 0 Å². The number of hydrogen-bond donors (Lipinski definition) is 1. The van der Waals surface area contributed by atoms with E-state index in [-0.39, 0.29) is 12.5 Å². The fourth-order valence-corrected chi connectivity index (χ4v) is 1.50. The first-order valence-corrected chi connectivity index (χ1v) is 6.02. The lowest BCUT2D eigenvalue weighted by Crippen LogP contribution is -2.19. The van der Waals surface area contributed by atoms with Crippen LogP contribution in [0.25, 0.3) is 0 Å². The van der Waals surface area contributed by atoms with Gasteiger partial charge >= 0.3 is 0 Å². The van der Waals surface area contributed by atoms with E-state index in [0.29, 0.717) is 18.0 Å². The molecule has 0 aliphatic carbocycles. The number of benzene rings is 1. The Balaban J connectivity index is 1.99. The zero-order valence-electron chi connectivity index (χ0n) is 10.6. The van der Waals surface area contributed by atoms with Gasteiger partial charge in [-0.1, -0.05) is 19.1 Å². The molecule has 0 saturated carbocycles. The summed E-state index contributed by atoms with van der Waals surface area (Å²) in [7, 11) is 0. The number of hydrogen-bond acceptors (Lipinski definition) is 5. The third kappa shape index (κ3) is 3.77.